The van der Waals surface area contributed by atoms with Crippen molar-refractivity contribution in [2.75, 3.05) is 0 Å². The molecule has 0 radical (unpaired) electrons. The van der Waals surface area contributed by atoms with Gasteiger partial charge in [0.25, 0.3) is 0 Å². The van der Waals surface area contributed by atoms with Gasteiger partial charge in [0, 0.05) is 11.5 Å². The maximum Gasteiger partial charge on any atom is 0.127 e. The van der Waals surface area contributed by atoms with Crippen LogP contribution in [0.15, 0.2) is 24.3 Å². The van der Waals surface area contributed by atoms with Crippen LogP contribution in [0.3, 0.4) is 0 Å². The lowest BCUT2D eigenvalue weighted by atomic mass is 9.87. The summed E-state index contributed by atoms with van der Waals surface area (Å²) in [4.78, 5) is 11.0. The lowest BCUT2D eigenvalue weighted by Crippen LogP contribution is -2.30. The number of carbonyl (C=O) groups excluding carboxylic acids is 1. The molecule has 80 valence electrons. The minimum absolute atomic E-state index is 0.00218. The normalized spacial score (nSPS) is 24.5. The van der Waals surface area contributed by atoms with Crippen molar-refractivity contribution in [1.82, 2.24) is 0 Å². The van der Waals surface area contributed by atoms with E-state index in [-0.39, 0.29) is 12.0 Å². The van der Waals surface area contributed by atoms with E-state index in [1.54, 1.807) is 0 Å². The maximum atomic E-state index is 11.0. The first kappa shape index (κ1) is 10.2. The Bertz CT molecular complexity index is 357. The largest absolute Gasteiger partial charge is 0.490 e. The Morgan fingerprint density at radius 1 is 1.40 bits per heavy atom. The van der Waals surface area contributed by atoms with E-state index in [0.29, 0.717) is 5.92 Å². The van der Waals surface area contributed by atoms with E-state index in [0.717, 1.165) is 24.0 Å². The second-order valence-corrected chi connectivity index (χ2v) is 4.42. The highest BCUT2D eigenvalue weighted by Crippen LogP contribution is 2.36. The fraction of sp³-hybridized carbons (Fsp3) is 0.462. The minimum Gasteiger partial charge on any atom is -0.490 e. The summed E-state index contributed by atoms with van der Waals surface area (Å²) in [5.74, 6) is 1.32. The Kier molecular flexibility index (Phi) is 2.76. The van der Waals surface area contributed by atoms with Gasteiger partial charge >= 0.3 is 0 Å². The van der Waals surface area contributed by atoms with E-state index in [1.165, 1.54) is 0 Å². The molecule has 1 heterocycles. The smallest absolute Gasteiger partial charge is 0.127 e. The monoisotopic (exact) mass is 204 g/mol. The highest BCUT2D eigenvalue weighted by molar-refractivity contribution is 5.65. The predicted octanol–water partition coefficient (Wildman–Crippen LogP) is 2.78. The van der Waals surface area contributed by atoms with Gasteiger partial charge in [0.05, 0.1) is 0 Å². The van der Waals surface area contributed by atoms with Gasteiger partial charge in [-0.05, 0) is 18.4 Å². The van der Waals surface area contributed by atoms with Gasteiger partial charge in [-0.3, -0.25) is 0 Å². The van der Waals surface area contributed by atoms with Crippen LogP contribution in [-0.4, -0.2) is 12.4 Å². The summed E-state index contributed by atoms with van der Waals surface area (Å²) in [6, 6.07) is 7.82. The Morgan fingerprint density at radius 3 is 2.80 bits per heavy atom. The fourth-order valence-electron chi connectivity index (χ4n) is 2.02. The number of rotatable bonds is 2. The highest BCUT2D eigenvalue weighted by Gasteiger charge is 2.29. The predicted molar refractivity (Wildman–Crippen MR) is 59.1 cm³/mol. The Labute approximate surface area is 90.3 Å². The van der Waals surface area contributed by atoms with E-state index >= 15 is 0 Å². The molecular weight excluding hydrogens is 188 g/mol. The van der Waals surface area contributed by atoms with Crippen LogP contribution in [0.1, 0.15) is 31.7 Å². The number of fused-ring (bicyclic) bond motifs is 1. The summed E-state index contributed by atoms with van der Waals surface area (Å²) in [7, 11) is 0. The van der Waals surface area contributed by atoms with Crippen molar-refractivity contribution in [1.29, 1.82) is 0 Å². The summed E-state index contributed by atoms with van der Waals surface area (Å²) in [6.45, 7) is 4.25. The van der Waals surface area contributed by atoms with Gasteiger partial charge in [-0.1, -0.05) is 32.0 Å². The minimum atomic E-state index is 0.00218. The number of hydrogen-bond donors (Lipinski definition) is 0. The summed E-state index contributed by atoms with van der Waals surface area (Å²) >= 11 is 0. The summed E-state index contributed by atoms with van der Waals surface area (Å²) in [5.41, 5.74) is 1.03. The average molecular weight is 204 g/mol. The molecule has 2 unspecified atom stereocenters. The first-order chi connectivity index (χ1) is 7.22. The van der Waals surface area contributed by atoms with Crippen LogP contribution in [0, 0.1) is 5.92 Å². The summed E-state index contributed by atoms with van der Waals surface area (Å²) < 4.78 is 5.87. The molecule has 15 heavy (non-hydrogen) atoms. The van der Waals surface area contributed by atoms with Crippen molar-refractivity contribution in [3.05, 3.63) is 29.8 Å². The molecule has 0 bridgehead atoms. The molecule has 2 atom stereocenters. The standard InChI is InChI=1S/C13H16O2/c1-9(2)13-7-10(8-14)11-5-3-4-6-12(11)15-13/h3-6,8-10,13H,7H2,1-2H3. The molecule has 0 spiro atoms. The third-order valence-electron chi connectivity index (χ3n) is 2.99. The zero-order valence-electron chi connectivity index (χ0n) is 9.14. The molecule has 0 saturated heterocycles. The molecule has 1 aliphatic heterocycles. The molecule has 1 aromatic carbocycles. The molecule has 0 fully saturated rings. The van der Waals surface area contributed by atoms with Gasteiger partial charge in [0.2, 0.25) is 0 Å². The third-order valence-corrected chi connectivity index (χ3v) is 2.99. The van der Waals surface area contributed by atoms with Crippen molar-refractivity contribution in [3.8, 4) is 5.75 Å². The molecule has 0 aromatic heterocycles. The SMILES string of the molecule is CC(C)C1CC(C=O)c2ccccc2O1. The van der Waals surface area contributed by atoms with Gasteiger partial charge in [-0.15, -0.1) is 0 Å². The Morgan fingerprint density at radius 2 is 2.13 bits per heavy atom. The zero-order chi connectivity index (χ0) is 10.8. The quantitative estimate of drug-likeness (QED) is 0.692. The van der Waals surface area contributed by atoms with Crippen LogP contribution in [0.5, 0.6) is 5.75 Å². The molecule has 0 N–H and O–H groups in total. The first-order valence-corrected chi connectivity index (χ1v) is 5.43. The molecule has 0 amide bonds. The van der Waals surface area contributed by atoms with E-state index in [9.17, 15) is 4.79 Å². The molecule has 2 rings (SSSR count). The van der Waals surface area contributed by atoms with Crippen LogP contribution in [0.4, 0.5) is 0 Å². The summed E-state index contributed by atoms with van der Waals surface area (Å²) in [5, 5.41) is 0. The van der Waals surface area contributed by atoms with Gasteiger partial charge in [-0.25, -0.2) is 0 Å². The number of ether oxygens (including phenoxy) is 1. The Balaban J connectivity index is 2.34. The number of para-hydroxylation sites is 1. The van der Waals surface area contributed by atoms with E-state index in [2.05, 4.69) is 13.8 Å². The van der Waals surface area contributed by atoms with Crippen molar-refractivity contribution < 1.29 is 9.53 Å². The van der Waals surface area contributed by atoms with Gasteiger partial charge in [0.1, 0.15) is 18.1 Å². The molecule has 2 nitrogen and oxygen atoms in total. The average Bonchev–Trinajstić information content (AvgIpc) is 2.27. The van der Waals surface area contributed by atoms with Crippen molar-refractivity contribution in [2.24, 2.45) is 5.92 Å². The number of carbonyl (C=O) groups is 1. The van der Waals surface area contributed by atoms with Crippen LogP contribution < -0.4 is 4.74 Å². The van der Waals surface area contributed by atoms with Gasteiger partial charge in [-0.2, -0.15) is 0 Å². The van der Waals surface area contributed by atoms with Crippen LogP contribution in [0.25, 0.3) is 0 Å². The molecule has 0 saturated carbocycles. The van der Waals surface area contributed by atoms with E-state index < -0.39 is 0 Å². The zero-order valence-corrected chi connectivity index (χ0v) is 9.14. The van der Waals surface area contributed by atoms with Crippen molar-refractivity contribution >= 4 is 6.29 Å². The molecule has 0 aliphatic carbocycles. The topological polar surface area (TPSA) is 26.3 Å². The summed E-state index contributed by atoms with van der Waals surface area (Å²) in [6.07, 6.45) is 2.00. The Hall–Kier alpha value is -1.31. The second kappa shape index (κ2) is 4.05. The lowest BCUT2D eigenvalue weighted by Gasteiger charge is -2.31. The van der Waals surface area contributed by atoms with Crippen LogP contribution >= 0.6 is 0 Å². The van der Waals surface area contributed by atoms with Crippen molar-refractivity contribution in [3.63, 3.8) is 0 Å². The highest BCUT2D eigenvalue weighted by atomic mass is 16.5. The molecule has 2 heteroatoms. The van der Waals surface area contributed by atoms with Gasteiger partial charge in [0.15, 0.2) is 0 Å². The number of benzene rings is 1. The number of hydrogen-bond acceptors (Lipinski definition) is 2. The second-order valence-electron chi connectivity index (χ2n) is 4.42. The molecular formula is C13H16O2. The van der Waals surface area contributed by atoms with E-state index in [4.69, 9.17) is 4.74 Å². The van der Waals surface area contributed by atoms with Crippen LogP contribution in [0.2, 0.25) is 0 Å². The van der Waals surface area contributed by atoms with Gasteiger partial charge < -0.3 is 9.53 Å². The number of aldehydes is 1. The van der Waals surface area contributed by atoms with Crippen LogP contribution in [-0.2, 0) is 4.79 Å². The molecule has 1 aromatic rings. The third kappa shape index (κ3) is 1.89. The lowest BCUT2D eigenvalue weighted by molar-refractivity contribution is -0.110. The van der Waals surface area contributed by atoms with E-state index in [1.807, 2.05) is 24.3 Å². The maximum absolute atomic E-state index is 11.0. The first-order valence-electron chi connectivity index (χ1n) is 5.43. The fourth-order valence-corrected chi connectivity index (χ4v) is 2.02. The van der Waals surface area contributed by atoms with Crippen molar-refractivity contribution in [2.45, 2.75) is 32.3 Å². The molecule has 1 aliphatic rings.